The van der Waals surface area contributed by atoms with Gasteiger partial charge < -0.3 is 4.42 Å². The van der Waals surface area contributed by atoms with Gasteiger partial charge in [0.15, 0.2) is 0 Å². The standard InChI is InChI=1S/C40H22O/c1-2-9-25-23(8-1)18-21-35-34-17-5-12-26(40(34)41-39(25)35)24-19-20-29-32-15-6-13-30-27-10-3-4-11-28(27)31-14-7-16-33(36(29)22-24)38(31)37(30)32/h1-22H. The minimum Gasteiger partial charge on any atom is -0.455 e. The maximum Gasteiger partial charge on any atom is 0.143 e. The van der Waals surface area contributed by atoms with Crippen LogP contribution in [0.4, 0.5) is 0 Å². The lowest BCUT2D eigenvalue weighted by molar-refractivity contribution is 0.674. The van der Waals surface area contributed by atoms with Gasteiger partial charge in [0.05, 0.1) is 0 Å². The third kappa shape index (κ3) is 2.70. The van der Waals surface area contributed by atoms with Crippen LogP contribution in [-0.4, -0.2) is 0 Å². The first kappa shape index (κ1) is 21.4. The van der Waals surface area contributed by atoms with E-state index in [-0.39, 0.29) is 0 Å². The lowest BCUT2D eigenvalue weighted by atomic mass is 9.85. The van der Waals surface area contributed by atoms with Crippen LogP contribution in [0.1, 0.15) is 0 Å². The number of para-hydroxylation sites is 1. The summed E-state index contributed by atoms with van der Waals surface area (Å²) < 4.78 is 6.70. The van der Waals surface area contributed by atoms with Crippen LogP contribution in [-0.2, 0) is 0 Å². The summed E-state index contributed by atoms with van der Waals surface area (Å²) >= 11 is 0. The van der Waals surface area contributed by atoms with Crippen LogP contribution in [0.3, 0.4) is 0 Å². The van der Waals surface area contributed by atoms with Crippen molar-refractivity contribution in [3.8, 4) is 11.1 Å². The Balaban J connectivity index is 1.34. The average molecular weight is 519 g/mol. The average Bonchev–Trinajstić information content (AvgIpc) is 3.44. The van der Waals surface area contributed by atoms with Crippen LogP contribution in [0.2, 0.25) is 0 Å². The number of hydrogen-bond donors (Lipinski definition) is 0. The predicted molar refractivity (Wildman–Crippen MR) is 175 cm³/mol. The fourth-order valence-electron chi connectivity index (χ4n) is 7.42. The summed E-state index contributed by atoms with van der Waals surface area (Å²) in [5.74, 6) is 0. The third-order valence-electron chi connectivity index (χ3n) is 9.19. The maximum absolute atomic E-state index is 6.70. The second-order valence-electron chi connectivity index (χ2n) is 11.2. The monoisotopic (exact) mass is 518 g/mol. The molecule has 0 atom stereocenters. The molecule has 0 unspecified atom stereocenters. The van der Waals surface area contributed by atoms with Crippen molar-refractivity contribution >= 4 is 86.6 Å². The Hall–Kier alpha value is -5.40. The molecule has 0 saturated carbocycles. The van der Waals surface area contributed by atoms with E-state index in [0.717, 1.165) is 32.9 Å². The highest BCUT2D eigenvalue weighted by Gasteiger charge is 2.18. The SMILES string of the molecule is c1ccc2c(c1)ccc1c3cccc(-c4ccc5c(c4)c4cccc6c7ccccc7c7cccc5c7c64)c3oc21. The first-order chi connectivity index (χ1) is 20.3. The highest BCUT2D eigenvalue weighted by Crippen LogP contribution is 2.46. The number of benzene rings is 9. The van der Waals surface area contributed by atoms with Crippen molar-refractivity contribution in [3.63, 3.8) is 0 Å². The van der Waals surface area contributed by atoms with Crippen molar-refractivity contribution in [2.75, 3.05) is 0 Å². The van der Waals surface area contributed by atoms with Gasteiger partial charge in [-0.1, -0.05) is 121 Å². The highest BCUT2D eigenvalue weighted by atomic mass is 16.3. The third-order valence-corrected chi connectivity index (χ3v) is 9.19. The Morgan fingerprint density at radius 2 is 0.829 bits per heavy atom. The van der Waals surface area contributed by atoms with Crippen molar-refractivity contribution in [2.24, 2.45) is 0 Å². The van der Waals surface area contributed by atoms with Crippen molar-refractivity contribution in [1.29, 1.82) is 0 Å². The maximum atomic E-state index is 6.70. The molecule has 10 aromatic rings. The van der Waals surface area contributed by atoms with Crippen LogP contribution < -0.4 is 0 Å². The molecule has 9 aromatic carbocycles. The van der Waals surface area contributed by atoms with E-state index in [4.69, 9.17) is 4.42 Å². The summed E-state index contributed by atoms with van der Waals surface area (Å²) in [6.45, 7) is 0. The molecule has 188 valence electrons. The molecule has 0 N–H and O–H groups in total. The number of rotatable bonds is 1. The lowest BCUT2D eigenvalue weighted by Gasteiger charge is -2.18. The van der Waals surface area contributed by atoms with E-state index in [9.17, 15) is 0 Å². The molecule has 0 spiro atoms. The zero-order valence-electron chi connectivity index (χ0n) is 22.1. The van der Waals surface area contributed by atoms with Crippen LogP contribution in [0, 0.1) is 0 Å². The Kier molecular flexibility index (Phi) is 3.98. The second-order valence-corrected chi connectivity index (χ2v) is 11.2. The molecule has 0 saturated heterocycles. The highest BCUT2D eigenvalue weighted by molar-refractivity contribution is 6.40. The molecule has 1 heterocycles. The molecule has 1 heteroatoms. The number of furan rings is 1. The van der Waals surface area contributed by atoms with Gasteiger partial charge in [-0.05, 0) is 76.9 Å². The minimum absolute atomic E-state index is 0.946. The minimum atomic E-state index is 0.946. The number of hydrogen-bond acceptors (Lipinski definition) is 1. The van der Waals surface area contributed by atoms with Gasteiger partial charge in [0, 0.05) is 21.7 Å². The van der Waals surface area contributed by atoms with Gasteiger partial charge in [-0.25, -0.2) is 0 Å². The zero-order valence-corrected chi connectivity index (χ0v) is 22.1. The van der Waals surface area contributed by atoms with Crippen molar-refractivity contribution in [3.05, 3.63) is 133 Å². The van der Waals surface area contributed by atoms with Crippen molar-refractivity contribution < 1.29 is 4.42 Å². The smallest absolute Gasteiger partial charge is 0.143 e. The van der Waals surface area contributed by atoms with Gasteiger partial charge in [-0.3, -0.25) is 0 Å². The van der Waals surface area contributed by atoms with Crippen LogP contribution in [0.15, 0.2) is 138 Å². The van der Waals surface area contributed by atoms with Crippen LogP contribution >= 0.6 is 0 Å². The van der Waals surface area contributed by atoms with E-state index >= 15 is 0 Å². The normalized spacial score (nSPS) is 12.4. The topological polar surface area (TPSA) is 13.1 Å². The molecule has 1 nitrogen and oxygen atoms in total. The van der Waals surface area contributed by atoms with Crippen LogP contribution in [0.5, 0.6) is 0 Å². The first-order valence-corrected chi connectivity index (χ1v) is 14.2. The summed E-state index contributed by atoms with van der Waals surface area (Å²) in [6.07, 6.45) is 0. The Labute approximate surface area is 235 Å². The van der Waals surface area contributed by atoms with Gasteiger partial charge in [-0.15, -0.1) is 0 Å². The second kappa shape index (κ2) is 7.62. The van der Waals surface area contributed by atoms with E-state index < -0.39 is 0 Å². The summed E-state index contributed by atoms with van der Waals surface area (Å²) in [5.41, 5.74) is 4.20. The van der Waals surface area contributed by atoms with E-state index in [2.05, 4.69) is 133 Å². The summed E-state index contributed by atoms with van der Waals surface area (Å²) in [7, 11) is 0. The summed E-state index contributed by atoms with van der Waals surface area (Å²) in [5, 5.41) is 17.9. The van der Waals surface area contributed by atoms with E-state index in [1.54, 1.807) is 0 Å². The Morgan fingerprint density at radius 1 is 0.317 bits per heavy atom. The molecular weight excluding hydrogens is 496 g/mol. The molecule has 0 aliphatic rings. The lowest BCUT2D eigenvalue weighted by Crippen LogP contribution is -1.90. The molecule has 0 amide bonds. The number of fused-ring (bicyclic) bond motifs is 11. The first-order valence-electron chi connectivity index (χ1n) is 14.2. The summed E-state index contributed by atoms with van der Waals surface area (Å²) in [6, 6.07) is 48.7. The van der Waals surface area contributed by atoms with Gasteiger partial charge in [-0.2, -0.15) is 0 Å². The fourth-order valence-corrected chi connectivity index (χ4v) is 7.42. The molecule has 1 aromatic heterocycles. The van der Waals surface area contributed by atoms with E-state index in [1.165, 1.54) is 64.8 Å². The Bertz CT molecular complexity index is 2690. The van der Waals surface area contributed by atoms with Gasteiger partial charge in [0.25, 0.3) is 0 Å². The molecule has 41 heavy (non-hydrogen) atoms. The molecule has 0 bridgehead atoms. The quantitative estimate of drug-likeness (QED) is 0.156. The summed E-state index contributed by atoms with van der Waals surface area (Å²) in [4.78, 5) is 0. The molecule has 0 radical (unpaired) electrons. The predicted octanol–water partition coefficient (Wildman–Crippen LogP) is 11.6. The molecule has 0 aliphatic heterocycles. The molecule has 10 rings (SSSR count). The van der Waals surface area contributed by atoms with E-state index in [1.807, 2.05) is 0 Å². The van der Waals surface area contributed by atoms with Gasteiger partial charge in [0.1, 0.15) is 11.2 Å². The largest absolute Gasteiger partial charge is 0.455 e. The fraction of sp³-hybridized carbons (Fsp3) is 0. The molecular formula is C40H22O. The van der Waals surface area contributed by atoms with Gasteiger partial charge in [0.2, 0.25) is 0 Å². The zero-order chi connectivity index (χ0) is 26.7. The van der Waals surface area contributed by atoms with Crippen molar-refractivity contribution in [1.82, 2.24) is 0 Å². The molecule has 0 aliphatic carbocycles. The Morgan fingerprint density at radius 3 is 1.56 bits per heavy atom. The van der Waals surface area contributed by atoms with Gasteiger partial charge >= 0.3 is 0 Å². The van der Waals surface area contributed by atoms with Crippen molar-refractivity contribution in [2.45, 2.75) is 0 Å². The van der Waals surface area contributed by atoms with E-state index in [0.29, 0.717) is 0 Å². The van der Waals surface area contributed by atoms with Crippen LogP contribution in [0.25, 0.3) is 97.7 Å². The molecule has 0 fully saturated rings.